The van der Waals surface area contributed by atoms with Crippen LogP contribution in [0.3, 0.4) is 0 Å². The summed E-state index contributed by atoms with van der Waals surface area (Å²) in [7, 11) is 0. The molecule has 0 aliphatic carbocycles. The number of pyridine rings is 4. The maximum Gasteiger partial charge on any atom is 0.253 e. The summed E-state index contributed by atoms with van der Waals surface area (Å²) in [5.41, 5.74) is 6.66. The van der Waals surface area contributed by atoms with Crippen LogP contribution in [-0.2, 0) is 35.4 Å². The number of benzene rings is 2. The third-order valence-electron chi connectivity index (χ3n) is 11.8. The number of amides is 2. The number of anilines is 2. The summed E-state index contributed by atoms with van der Waals surface area (Å²) in [6.07, 6.45) is 4.33. The first-order chi connectivity index (χ1) is 31.0. The summed E-state index contributed by atoms with van der Waals surface area (Å²) in [5.74, 6) is -3.24. The van der Waals surface area contributed by atoms with Gasteiger partial charge in [-0.2, -0.15) is 0 Å². The Balaban J connectivity index is 0.000000162. The fraction of sp³-hybridized carbons (Fsp3) is 0.292. The molecule has 2 saturated heterocycles. The summed E-state index contributed by atoms with van der Waals surface area (Å²) >= 11 is 0. The molecule has 2 atom stereocenters. The van der Waals surface area contributed by atoms with Gasteiger partial charge in [0.05, 0.1) is 108 Å². The van der Waals surface area contributed by atoms with Crippen LogP contribution in [-0.4, -0.2) is 83.4 Å². The lowest BCUT2D eigenvalue weighted by Crippen LogP contribution is -2.43. The first kappa shape index (κ1) is 42.5. The van der Waals surface area contributed by atoms with E-state index in [0.717, 1.165) is 35.9 Å². The van der Waals surface area contributed by atoms with Gasteiger partial charge >= 0.3 is 0 Å². The number of nitrogens with zero attached hydrogens (tertiary/aromatic N) is 6. The molecule has 10 rings (SSSR count). The molecule has 0 bridgehead atoms. The molecular weight excluding hydrogens is 829 g/mol. The number of carbonyl (C=O) groups excluding carboxylic acids is 2. The Labute approximate surface area is 366 Å². The van der Waals surface area contributed by atoms with Gasteiger partial charge in [-0.05, 0) is 85.6 Å². The molecule has 4 aromatic heterocycles. The molecule has 1 unspecified atom stereocenters. The maximum absolute atomic E-state index is 14.4. The Kier molecular flexibility index (Phi) is 12.0. The van der Waals surface area contributed by atoms with Crippen LogP contribution in [0, 0.1) is 23.3 Å². The molecule has 328 valence electrons. The van der Waals surface area contributed by atoms with Crippen LogP contribution in [0.1, 0.15) is 68.5 Å². The highest BCUT2D eigenvalue weighted by Crippen LogP contribution is 2.33. The third kappa shape index (κ3) is 8.62. The van der Waals surface area contributed by atoms with Crippen molar-refractivity contribution in [1.29, 1.82) is 0 Å². The summed E-state index contributed by atoms with van der Waals surface area (Å²) in [4.78, 5) is 47.3. The van der Waals surface area contributed by atoms with Crippen molar-refractivity contribution >= 4 is 23.2 Å². The topological polar surface area (TPSA) is 135 Å². The average molecular weight is 873 g/mol. The lowest BCUT2D eigenvalue weighted by atomic mass is 9.98. The van der Waals surface area contributed by atoms with Gasteiger partial charge in [-0.3, -0.25) is 19.6 Å². The van der Waals surface area contributed by atoms with Gasteiger partial charge in [-0.25, -0.2) is 27.5 Å². The number of hydrogen-bond donors (Lipinski definition) is 2. The smallest absolute Gasteiger partial charge is 0.253 e. The second-order valence-electron chi connectivity index (χ2n) is 16.1. The average Bonchev–Trinajstić information content (AvgIpc) is 3.86. The Bertz CT molecular complexity index is 2510. The number of hydrogen-bond acceptors (Lipinski definition) is 10. The summed E-state index contributed by atoms with van der Waals surface area (Å²) in [6.45, 7) is 8.99. The SMILES string of the molecule is CC1COCCN1c1ccc(Cc2cc(-c3c(F)cccc3F)nc3c2C(=O)NC3)nc1.C[C@@H]1COCCN1c1ccc(Cc2cc(-c3c(F)cccc3F)nc3c2C(=O)NC3)nc1. The molecule has 8 heterocycles. The number of morpholine rings is 2. The number of halogens is 4. The van der Waals surface area contributed by atoms with Gasteiger partial charge in [0.15, 0.2) is 0 Å². The number of nitrogens with one attached hydrogen (secondary N) is 2. The number of fused-ring (bicyclic) bond motifs is 2. The van der Waals surface area contributed by atoms with E-state index in [9.17, 15) is 27.2 Å². The van der Waals surface area contributed by atoms with Crippen LogP contribution in [0.2, 0.25) is 0 Å². The normalized spacial score (nSPS) is 17.9. The van der Waals surface area contributed by atoms with E-state index in [1.807, 2.05) is 36.7 Å². The Morgan fingerprint density at radius 2 is 1.00 bits per heavy atom. The molecule has 16 heteroatoms. The van der Waals surface area contributed by atoms with E-state index in [4.69, 9.17) is 9.47 Å². The standard InChI is InChI=1S/2C24H22F2N4O2/c2*1-14-13-32-8-7-30(14)17-6-5-16(27-11-17)9-15-10-20(23-18(25)3-2-4-19(23)26)29-21-12-28-24(31)22(15)21/h2*2-6,10-11,14H,7-9,12-13H2,1H3,(H,28,31)/t14-;/m1./s1. The Morgan fingerprint density at radius 3 is 1.36 bits per heavy atom. The van der Waals surface area contributed by atoms with E-state index in [1.54, 1.807) is 12.1 Å². The zero-order valence-corrected chi connectivity index (χ0v) is 35.1. The third-order valence-corrected chi connectivity index (χ3v) is 11.8. The Hall–Kier alpha value is -6.78. The van der Waals surface area contributed by atoms with Crippen molar-refractivity contribution < 1.29 is 36.6 Å². The molecule has 0 spiro atoms. The monoisotopic (exact) mass is 872 g/mol. The second kappa shape index (κ2) is 18.1. The zero-order chi connectivity index (χ0) is 44.5. The first-order valence-corrected chi connectivity index (χ1v) is 21.1. The van der Waals surface area contributed by atoms with E-state index in [1.165, 1.54) is 36.4 Å². The molecule has 64 heavy (non-hydrogen) atoms. The summed E-state index contributed by atoms with van der Waals surface area (Å²) < 4.78 is 68.5. The van der Waals surface area contributed by atoms with Crippen molar-refractivity contribution in [2.24, 2.45) is 0 Å². The summed E-state index contributed by atoms with van der Waals surface area (Å²) in [6, 6.07) is 19.0. The van der Waals surface area contributed by atoms with Gasteiger partial charge in [-0.1, -0.05) is 12.1 Å². The van der Waals surface area contributed by atoms with E-state index in [-0.39, 0.29) is 59.5 Å². The van der Waals surface area contributed by atoms with Crippen molar-refractivity contribution in [3.63, 3.8) is 0 Å². The zero-order valence-electron chi connectivity index (χ0n) is 35.1. The number of aromatic nitrogens is 4. The number of carbonyl (C=O) groups is 2. The molecular formula is C48H44F4N8O4. The van der Waals surface area contributed by atoms with Crippen LogP contribution in [0.15, 0.2) is 85.2 Å². The molecule has 0 saturated carbocycles. The molecule has 4 aliphatic rings. The fourth-order valence-corrected chi connectivity index (χ4v) is 8.64. The Morgan fingerprint density at radius 1 is 0.594 bits per heavy atom. The molecule has 2 amide bonds. The molecule has 4 aliphatic heterocycles. The maximum atomic E-state index is 14.4. The first-order valence-electron chi connectivity index (χ1n) is 21.1. The van der Waals surface area contributed by atoms with E-state index >= 15 is 0 Å². The van der Waals surface area contributed by atoms with Crippen molar-refractivity contribution in [2.75, 3.05) is 49.3 Å². The molecule has 2 fully saturated rings. The van der Waals surface area contributed by atoms with Gasteiger partial charge in [0.25, 0.3) is 11.8 Å². The summed E-state index contributed by atoms with van der Waals surface area (Å²) in [5, 5.41) is 5.50. The lowest BCUT2D eigenvalue weighted by Gasteiger charge is -2.35. The van der Waals surface area contributed by atoms with Crippen LogP contribution in [0.4, 0.5) is 28.9 Å². The fourth-order valence-electron chi connectivity index (χ4n) is 8.64. The minimum Gasteiger partial charge on any atom is -0.377 e. The highest BCUT2D eigenvalue weighted by Gasteiger charge is 2.29. The van der Waals surface area contributed by atoms with E-state index in [2.05, 4.69) is 54.2 Å². The quantitative estimate of drug-likeness (QED) is 0.155. The molecule has 6 aromatic rings. The van der Waals surface area contributed by atoms with Gasteiger partial charge in [0.2, 0.25) is 0 Å². The van der Waals surface area contributed by atoms with Crippen molar-refractivity contribution in [2.45, 2.75) is 51.9 Å². The van der Waals surface area contributed by atoms with Gasteiger partial charge in [-0.15, -0.1) is 0 Å². The largest absolute Gasteiger partial charge is 0.377 e. The minimum atomic E-state index is -0.692. The van der Waals surface area contributed by atoms with Crippen LogP contribution in [0.25, 0.3) is 22.5 Å². The van der Waals surface area contributed by atoms with E-state index in [0.29, 0.717) is 72.9 Å². The molecule has 12 nitrogen and oxygen atoms in total. The molecule has 2 N–H and O–H groups in total. The number of rotatable bonds is 8. The van der Waals surface area contributed by atoms with Gasteiger partial charge < -0.3 is 29.9 Å². The van der Waals surface area contributed by atoms with Gasteiger partial charge in [0, 0.05) is 49.4 Å². The van der Waals surface area contributed by atoms with Crippen LogP contribution < -0.4 is 20.4 Å². The van der Waals surface area contributed by atoms with E-state index < -0.39 is 23.3 Å². The lowest BCUT2D eigenvalue weighted by molar-refractivity contribution is 0.0957. The van der Waals surface area contributed by atoms with Crippen molar-refractivity contribution in [3.05, 3.63) is 153 Å². The highest BCUT2D eigenvalue weighted by molar-refractivity contribution is 6.00. The number of ether oxygens (including phenoxy) is 2. The van der Waals surface area contributed by atoms with Crippen molar-refractivity contribution in [3.8, 4) is 22.5 Å². The predicted octanol–water partition coefficient (Wildman–Crippen LogP) is 6.96. The molecule has 0 radical (unpaired) electrons. The second-order valence-corrected chi connectivity index (χ2v) is 16.1. The van der Waals surface area contributed by atoms with Crippen LogP contribution >= 0.6 is 0 Å². The predicted molar refractivity (Wildman–Crippen MR) is 231 cm³/mol. The van der Waals surface area contributed by atoms with Crippen molar-refractivity contribution in [1.82, 2.24) is 30.6 Å². The highest BCUT2D eigenvalue weighted by atomic mass is 19.1. The molecule has 2 aromatic carbocycles. The minimum absolute atomic E-state index is 0.171. The van der Waals surface area contributed by atoms with Crippen LogP contribution in [0.5, 0.6) is 0 Å². The van der Waals surface area contributed by atoms with Gasteiger partial charge in [0.1, 0.15) is 23.3 Å².